The summed E-state index contributed by atoms with van der Waals surface area (Å²) in [7, 11) is 1.81. The maximum Gasteiger partial charge on any atom is 0.235 e. The fourth-order valence-electron chi connectivity index (χ4n) is 2.50. The molecule has 0 unspecified atom stereocenters. The number of amides is 1. The van der Waals surface area contributed by atoms with Gasteiger partial charge in [0.15, 0.2) is 0 Å². The van der Waals surface area contributed by atoms with E-state index in [1.807, 2.05) is 20.0 Å². The number of carbonyl (C=O) groups is 1. The minimum absolute atomic E-state index is 0.0448. The Kier molecular flexibility index (Phi) is 3.59. The summed E-state index contributed by atoms with van der Waals surface area (Å²) in [6, 6.07) is 5.13. The molecule has 1 aromatic carbocycles. The highest BCUT2D eigenvalue weighted by atomic mass is 35.5. The monoisotopic (exact) mass is 323 g/mol. The number of fused-ring (bicyclic) bond motifs is 1. The van der Waals surface area contributed by atoms with Gasteiger partial charge in [-0.15, -0.1) is 11.8 Å². The van der Waals surface area contributed by atoms with Crippen LogP contribution in [0.1, 0.15) is 22.1 Å². The molecule has 1 aliphatic rings. The van der Waals surface area contributed by atoms with Crippen LogP contribution in [0.4, 0.5) is 5.82 Å². The number of halogens is 1. The van der Waals surface area contributed by atoms with Crippen LogP contribution in [-0.4, -0.2) is 26.5 Å². The van der Waals surface area contributed by atoms with Crippen LogP contribution in [0.15, 0.2) is 18.2 Å². The SMILES string of the molecule is Cc1nn(C)c2c1[C@H](c1ccc(O)c(Cl)c1)SCC(=O)N2. The number of rotatable bonds is 1. The molecule has 1 aromatic heterocycles. The molecule has 0 aliphatic carbocycles. The van der Waals surface area contributed by atoms with Crippen molar-refractivity contribution in [2.24, 2.45) is 7.05 Å². The normalized spacial score (nSPS) is 18.0. The van der Waals surface area contributed by atoms with Crippen LogP contribution >= 0.6 is 23.4 Å². The second kappa shape index (κ2) is 5.27. The first kappa shape index (κ1) is 14.3. The highest BCUT2D eigenvalue weighted by Gasteiger charge is 2.29. The number of aromatic nitrogens is 2. The van der Waals surface area contributed by atoms with Crippen molar-refractivity contribution in [1.82, 2.24) is 9.78 Å². The molecule has 1 atom stereocenters. The molecule has 110 valence electrons. The Morgan fingerprint density at radius 1 is 1.52 bits per heavy atom. The molecule has 0 spiro atoms. The largest absolute Gasteiger partial charge is 0.506 e. The molecule has 0 saturated carbocycles. The minimum atomic E-state index is -0.0502. The van der Waals surface area contributed by atoms with Crippen molar-refractivity contribution >= 4 is 35.1 Å². The number of carbonyl (C=O) groups excluding carboxylic acids is 1. The molecular formula is C14H14ClN3O2S. The summed E-state index contributed by atoms with van der Waals surface area (Å²) in [6.07, 6.45) is 0. The lowest BCUT2D eigenvalue weighted by Crippen LogP contribution is -2.15. The smallest absolute Gasteiger partial charge is 0.235 e. The Bertz CT molecular complexity index is 729. The van der Waals surface area contributed by atoms with Crippen LogP contribution in [0.2, 0.25) is 5.02 Å². The summed E-state index contributed by atoms with van der Waals surface area (Å²) < 4.78 is 1.68. The van der Waals surface area contributed by atoms with E-state index in [0.717, 1.165) is 22.6 Å². The van der Waals surface area contributed by atoms with E-state index in [0.29, 0.717) is 10.8 Å². The third kappa shape index (κ3) is 2.49. The molecule has 1 aliphatic heterocycles. The van der Waals surface area contributed by atoms with E-state index in [1.165, 1.54) is 11.8 Å². The molecule has 5 nitrogen and oxygen atoms in total. The van der Waals surface area contributed by atoms with E-state index < -0.39 is 0 Å². The molecule has 0 saturated heterocycles. The fourth-order valence-corrected chi connectivity index (χ4v) is 3.86. The van der Waals surface area contributed by atoms with E-state index in [1.54, 1.807) is 16.8 Å². The third-order valence-electron chi connectivity index (χ3n) is 3.44. The van der Waals surface area contributed by atoms with E-state index in [-0.39, 0.29) is 16.9 Å². The molecule has 7 heteroatoms. The van der Waals surface area contributed by atoms with Gasteiger partial charge in [0.05, 0.1) is 21.7 Å². The van der Waals surface area contributed by atoms with Gasteiger partial charge in [-0.25, -0.2) is 0 Å². The number of aryl methyl sites for hydroxylation is 2. The molecule has 0 radical (unpaired) electrons. The number of thioether (sulfide) groups is 1. The number of aromatic hydroxyl groups is 1. The standard InChI is InChI=1S/C14H14ClN3O2S/c1-7-12-13(8-3-4-10(19)9(15)5-8)21-6-11(20)16-14(12)18(2)17-7/h3-5,13,19H,6H2,1-2H3,(H,16,20)/t13-/m0/s1. The van der Waals surface area contributed by atoms with Crippen molar-refractivity contribution in [3.63, 3.8) is 0 Å². The predicted octanol–water partition coefficient (Wildman–Crippen LogP) is 2.86. The average molecular weight is 324 g/mol. The zero-order valence-corrected chi connectivity index (χ0v) is 13.1. The van der Waals surface area contributed by atoms with Crippen molar-refractivity contribution < 1.29 is 9.90 Å². The maximum atomic E-state index is 11.9. The van der Waals surface area contributed by atoms with Gasteiger partial charge in [0.2, 0.25) is 5.91 Å². The summed E-state index contributed by atoms with van der Waals surface area (Å²) in [5.41, 5.74) is 2.79. The highest BCUT2D eigenvalue weighted by molar-refractivity contribution is 8.00. The Balaban J connectivity index is 2.14. The number of hydrogen-bond donors (Lipinski definition) is 2. The van der Waals surface area contributed by atoms with Gasteiger partial charge in [0, 0.05) is 12.6 Å². The Morgan fingerprint density at radius 2 is 2.29 bits per heavy atom. The van der Waals surface area contributed by atoms with Crippen LogP contribution in [0, 0.1) is 6.92 Å². The van der Waals surface area contributed by atoms with Crippen LogP contribution < -0.4 is 5.32 Å². The number of nitrogens with one attached hydrogen (secondary N) is 1. The van der Waals surface area contributed by atoms with Gasteiger partial charge in [-0.3, -0.25) is 9.48 Å². The van der Waals surface area contributed by atoms with Gasteiger partial charge in [-0.2, -0.15) is 5.10 Å². The van der Waals surface area contributed by atoms with Gasteiger partial charge in [0.1, 0.15) is 11.6 Å². The highest BCUT2D eigenvalue weighted by Crippen LogP contribution is 2.44. The Labute approximate surface area is 131 Å². The molecule has 2 aromatic rings. The molecule has 2 N–H and O–H groups in total. The molecule has 2 heterocycles. The second-order valence-corrected chi connectivity index (χ2v) is 6.42. The zero-order chi connectivity index (χ0) is 15.1. The van der Waals surface area contributed by atoms with Gasteiger partial charge in [-0.05, 0) is 24.6 Å². The van der Waals surface area contributed by atoms with Crippen molar-refractivity contribution in [3.05, 3.63) is 40.0 Å². The number of benzene rings is 1. The van der Waals surface area contributed by atoms with Crippen molar-refractivity contribution in [2.75, 3.05) is 11.1 Å². The molecular weight excluding hydrogens is 310 g/mol. The molecule has 0 bridgehead atoms. The number of nitrogens with zero attached hydrogens (tertiary/aromatic N) is 2. The first-order valence-electron chi connectivity index (χ1n) is 6.40. The van der Waals surface area contributed by atoms with E-state index in [9.17, 15) is 9.90 Å². The van der Waals surface area contributed by atoms with E-state index in [2.05, 4.69) is 10.4 Å². The van der Waals surface area contributed by atoms with Crippen LogP contribution in [0.25, 0.3) is 0 Å². The quantitative estimate of drug-likeness (QED) is 0.847. The predicted molar refractivity (Wildman–Crippen MR) is 84.0 cm³/mol. The lowest BCUT2D eigenvalue weighted by atomic mass is 10.0. The lowest BCUT2D eigenvalue weighted by molar-refractivity contribution is -0.113. The summed E-state index contributed by atoms with van der Waals surface area (Å²) in [6.45, 7) is 1.92. The number of phenols is 1. The molecule has 1 amide bonds. The summed E-state index contributed by atoms with van der Waals surface area (Å²) >= 11 is 7.54. The van der Waals surface area contributed by atoms with E-state index in [4.69, 9.17) is 11.6 Å². The summed E-state index contributed by atoms with van der Waals surface area (Å²) in [4.78, 5) is 11.9. The average Bonchev–Trinajstić information content (AvgIpc) is 2.61. The second-order valence-electron chi connectivity index (χ2n) is 4.92. The van der Waals surface area contributed by atoms with Crippen molar-refractivity contribution in [1.29, 1.82) is 0 Å². The summed E-state index contributed by atoms with van der Waals surface area (Å²) in [5, 5.41) is 17.1. The Morgan fingerprint density at radius 3 is 3.00 bits per heavy atom. The van der Waals surface area contributed by atoms with Crippen molar-refractivity contribution in [2.45, 2.75) is 12.2 Å². The number of phenolic OH excluding ortho intramolecular Hbond substituents is 1. The molecule has 21 heavy (non-hydrogen) atoms. The van der Waals surface area contributed by atoms with Crippen LogP contribution in [-0.2, 0) is 11.8 Å². The summed E-state index contributed by atoms with van der Waals surface area (Å²) in [5.74, 6) is 1.08. The number of anilines is 1. The van der Waals surface area contributed by atoms with Gasteiger partial charge >= 0.3 is 0 Å². The van der Waals surface area contributed by atoms with Crippen LogP contribution in [0.3, 0.4) is 0 Å². The van der Waals surface area contributed by atoms with Crippen molar-refractivity contribution in [3.8, 4) is 5.75 Å². The van der Waals surface area contributed by atoms with Gasteiger partial charge in [0.25, 0.3) is 0 Å². The third-order valence-corrected chi connectivity index (χ3v) is 5.02. The molecule has 3 rings (SSSR count). The minimum Gasteiger partial charge on any atom is -0.506 e. The van der Waals surface area contributed by atoms with Gasteiger partial charge < -0.3 is 10.4 Å². The topological polar surface area (TPSA) is 67.1 Å². The Hall–Kier alpha value is -1.66. The first-order chi connectivity index (χ1) is 9.97. The zero-order valence-electron chi connectivity index (χ0n) is 11.6. The number of hydrogen-bond acceptors (Lipinski definition) is 4. The first-order valence-corrected chi connectivity index (χ1v) is 7.83. The fraction of sp³-hybridized carbons (Fsp3) is 0.286. The van der Waals surface area contributed by atoms with Gasteiger partial charge in [-0.1, -0.05) is 17.7 Å². The lowest BCUT2D eigenvalue weighted by Gasteiger charge is -2.15. The van der Waals surface area contributed by atoms with Crippen LogP contribution in [0.5, 0.6) is 5.75 Å². The van der Waals surface area contributed by atoms with E-state index >= 15 is 0 Å². The maximum absolute atomic E-state index is 11.9. The molecule has 0 fully saturated rings.